The lowest BCUT2D eigenvalue weighted by molar-refractivity contribution is -0.137. The van der Waals surface area contributed by atoms with Crippen LogP contribution in [-0.4, -0.2) is 17.6 Å². The predicted octanol–water partition coefficient (Wildman–Crippen LogP) is 2.43. The molecular weight excluding hydrogens is 233 g/mol. The van der Waals surface area contributed by atoms with Gasteiger partial charge in [0, 0.05) is 18.0 Å². The number of carboxylic acids is 1. The third kappa shape index (κ3) is 5.09. The van der Waals surface area contributed by atoms with E-state index in [1.165, 1.54) is 12.1 Å². The lowest BCUT2D eigenvalue weighted by Gasteiger charge is -2.04. The molecule has 0 saturated carbocycles. The Balaban J connectivity index is 2.29. The highest BCUT2D eigenvalue weighted by Gasteiger charge is 2.00. The SMILES string of the molecule is O=C(O)CCCNCc1cc(F)cc(Cl)c1. The van der Waals surface area contributed by atoms with Gasteiger partial charge in [-0.3, -0.25) is 4.79 Å². The van der Waals surface area contributed by atoms with Crippen molar-refractivity contribution in [1.29, 1.82) is 0 Å². The summed E-state index contributed by atoms with van der Waals surface area (Å²) in [6.07, 6.45) is 0.690. The fourth-order valence-electron chi connectivity index (χ4n) is 1.31. The van der Waals surface area contributed by atoms with Crippen LogP contribution in [0, 0.1) is 5.82 Å². The molecule has 0 aliphatic heterocycles. The minimum atomic E-state index is -0.810. The quantitative estimate of drug-likeness (QED) is 0.757. The van der Waals surface area contributed by atoms with Gasteiger partial charge in [0.25, 0.3) is 0 Å². The number of rotatable bonds is 6. The van der Waals surface area contributed by atoms with E-state index in [1.54, 1.807) is 6.07 Å². The summed E-state index contributed by atoms with van der Waals surface area (Å²) in [5.41, 5.74) is 0.750. The average Bonchev–Trinajstić information content (AvgIpc) is 2.15. The van der Waals surface area contributed by atoms with E-state index in [9.17, 15) is 9.18 Å². The smallest absolute Gasteiger partial charge is 0.303 e. The van der Waals surface area contributed by atoms with E-state index in [1.807, 2.05) is 0 Å². The molecule has 0 unspecified atom stereocenters. The van der Waals surface area contributed by atoms with Crippen LogP contribution in [0.5, 0.6) is 0 Å². The maximum Gasteiger partial charge on any atom is 0.303 e. The van der Waals surface area contributed by atoms with Crippen LogP contribution in [0.25, 0.3) is 0 Å². The second-order valence-corrected chi connectivity index (χ2v) is 3.89. The molecule has 16 heavy (non-hydrogen) atoms. The van der Waals surface area contributed by atoms with E-state index in [2.05, 4.69) is 5.32 Å². The molecule has 0 aliphatic carbocycles. The predicted molar refractivity (Wildman–Crippen MR) is 60.0 cm³/mol. The second kappa shape index (κ2) is 6.45. The van der Waals surface area contributed by atoms with Crippen LogP contribution in [-0.2, 0) is 11.3 Å². The van der Waals surface area contributed by atoms with Crippen molar-refractivity contribution in [2.45, 2.75) is 19.4 Å². The molecule has 0 fully saturated rings. The molecule has 0 spiro atoms. The van der Waals surface area contributed by atoms with Crippen molar-refractivity contribution in [1.82, 2.24) is 5.32 Å². The zero-order valence-corrected chi connectivity index (χ0v) is 9.43. The third-order valence-electron chi connectivity index (χ3n) is 2.00. The summed E-state index contributed by atoms with van der Waals surface area (Å²) in [5.74, 6) is -1.18. The molecule has 0 saturated heterocycles. The molecule has 3 nitrogen and oxygen atoms in total. The molecule has 0 atom stereocenters. The summed E-state index contributed by atoms with van der Waals surface area (Å²) in [5, 5.41) is 11.8. The van der Waals surface area contributed by atoms with Crippen molar-refractivity contribution >= 4 is 17.6 Å². The fourth-order valence-corrected chi connectivity index (χ4v) is 1.55. The van der Waals surface area contributed by atoms with Gasteiger partial charge in [-0.25, -0.2) is 4.39 Å². The van der Waals surface area contributed by atoms with Crippen LogP contribution in [0.1, 0.15) is 18.4 Å². The average molecular weight is 246 g/mol. The van der Waals surface area contributed by atoms with Crippen molar-refractivity contribution in [2.75, 3.05) is 6.54 Å². The second-order valence-electron chi connectivity index (χ2n) is 3.45. The third-order valence-corrected chi connectivity index (χ3v) is 2.21. The Bertz CT molecular complexity index is 351. The lowest BCUT2D eigenvalue weighted by Crippen LogP contribution is -2.15. The zero-order valence-electron chi connectivity index (χ0n) is 8.67. The molecular formula is C11H13ClFNO2. The molecule has 0 aliphatic rings. The van der Waals surface area contributed by atoms with Crippen LogP contribution in [0.15, 0.2) is 18.2 Å². The monoisotopic (exact) mass is 245 g/mol. The summed E-state index contributed by atoms with van der Waals surface area (Å²) >= 11 is 5.69. The van der Waals surface area contributed by atoms with Crippen molar-refractivity contribution in [2.24, 2.45) is 0 Å². The van der Waals surface area contributed by atoms with Crippen LogP contribution < -0.4 is 5.32 Å². The summed E-state index contributed by atoms with van der Waals surface area (Å²) in [7, 11) is 0. The molecule has 1 aromatic carbocycles. The van der Waals surface area contributed by atoms with E-state index in [-0.39, 0.29) is 12.2 Å². The molecule has 0 heterocycles. The Morgan fingerprint density at radius 1 is 1.44 bits per heavy atom. The van der Waals surface area contributed by atoms with Gasteiger partial charge in [-0.15, -0.1) is 0 Å². The number of hydrogen-bond acceptors (Lipinski definition) is 2. The number of aliphatic carboxylic acids is 1. The highest BCUT2D eigenvalue weighted by molar-refractivity contribution is 6.30. The molecule has 0 bridgehead atoms. The van der Waals surface area contributed by atoms with E-state index >= 15 is 0 Å². The number of carbonyl (C=O) groups is 1. The van der Waals surface area contributed by atoms with Crippen molar-refractivity contribution in [3.8, 4) is 0 Å². The first-order valence-electron chi connectivity index (χ1n) is 4.95. The molecule has 0 amide bonds. The maximum absolute atomic E-state index is 12.9. The Morgan fingerprint density at radius 3 is 2.81 bits per heavy atom. The van der Waals surface area contributed by atoms with Crippen molar-refractivity contribution < 1.29 is 14.3 Å². The van der Waals surface area contributed by atoms with E-state index in [0.717, 1.165) is 5.56 Å². The van der Waals surface area contributed by atoms with Gasteiger partial charge in [0.05, 0.1) is 0 Å². The normalized spacial score (nSPS) is 10.4. The Morgan fingerprint density at radius 2 is 2.19 bits per heavy atom. The fraction of sp³-hybridized carbons (Fsp3) is 0.364. The summed E-state index contributed by atoms with van der Waals surface area (Å²) in [6.45, 7) is 1.07. The molecule has 1 rings (SSSR count). The standard InChI is InChI=1S/C11H13ClFNO2/c12-9-4-8(5-10(13)6-9)7-14-3-1-2-11(15)16/h4-6,14H,1-3,7H2,(H,15,16). The largest absolute Gasteiger partial charge is 0.481 e. The molecule has 1 aromatic rings. The van der Waals surface area contributed by atoms with Gasteiger partial charge >= 0.3 is 5.97 Å². The van der Waals surface area contributed by atoms with E-state index < -0.39 is 5.97 Å². The first-order valence-corrected chi connectivity index (χ1v) is 5.33. The van der Waals surface area contributed by atoms with Crippen molar-refractivity contribution in [3.63, 3.8) is 0 Å². The van der Waals surface area contributed by atoms with Gasteiger partial charge < -0.3 is 10.4 Å². The lowest BCUT2D eigenvalue weighted by atomic mass is 10.2. The number of benzene rings is 1. The Kier molecular flexibility index (Phi) is 5.22. The maximum atomic E-state index is 12.9. The molecule has 5 heteroatoms. The van der Waals surface area contributed by atoms with Gasteiger partial charge in [-0.1, -0.05) is 11.6 Å². The van der Waals surface area contributed by atoms with Gasteiger partial charge in [-0.05, 0) is 36.7 Å². The van der Waals surface area contributed by atoms with E-state index in [0.29, 0.717) is 24.5 Å². The highest BCUT2D eigenvalue weighted by atomic mass is 35.5. The van der Waals surface area contributed by atoms with Gasteiger partial charge in [0.1, 0.15) is 5.82 Å². The minimum Gasteiger partial charge on any atom is -0.481 e. The zero-order chi connectivity index (χ0) is 12.0. The minimum absolute atomic E-state index is 0.136. The first-order chi connectivity index (χ1) is 7.58. The molecule has 88 valence electrons. The first kappa shape index (κ1) is 12.9. The van der Waals surface area contributed by atoms with Crippen LogP contribution in [0.2, 0.25) is 5.02 Å². The molecule has 2 N–H and O–H groups in total. The number of hydrogen-bond donors (Lipinski definition) is 2. The van der Waals surface area contributed by atoms with E-state index in [4.69, 9.17) is 16.7 Å². The number of halogens is 2. The van der Waals surface area contributed by atoms with Gasteiger partial charge in [0.15, 0.2) is 0 Å². The highest BCUT2D eigenvalue weighted by Crippen LogP contribution is 2.13. The van der Waals surface area contributed by atoms with Crippen LogP contribution >= 0.6 is 11.6 Å². The summed E-state index contributed by atoms with van der Waals surface area (Å²) in [6, 6.07) is 4.32. The summed E-state index contributed by atoms with van der Waals surface area (Å²) < 4.78 is 12.9. The molecule has 0 aromatic heterocycles. The summed E-state index contributed by atoms with van der Waals surface area (Å²) in [4.78, 5) is 10.2. The van der Waals surface area contributed by atoms with Crippen LogP contribution in [0.4, 0.5) is 4.39 Å². The Labute approximate surface area is 98.2 Å². The topological polar surface area (TPSA) is 49.3 Å². The Hall–Kier alpha value is -1.13. The number of nitrogens with one attached hydrogen (secondary N) is 1. The van der Waals surface area contributed by atoms with Gasteiger partial charge in [-0.2, -0.15) is 0 Å². The van der Waals surface area contributed by atoms with Crippen molar-refractivity contribution in [3.05, 3.63) is 34.6 Å². The molecule has 0 radical (unpaired) electrons. The number of carboxylic acid groups (broad SMARTS) is 1. The van der Waals surface area contributed by atoms with Crippen LogP contribution in [0.3, 0.4) is 0 Å². The van der Waals surface area contributed by atoms with Gasteiger partial charge in [0.2, 0.25) is 0 Å².